The minimum Gasteiger partial charge on any atom is -0.389 e. The minimum absolute atomic E-state index is 0.00311. The van der Waals surface area contributed by atoms with E-state index >= 15 is 0 Å². The maximum absolute atomic E-state index is 12.3. The van der Waals surface area contributed by atoms with Crippen molar-refractivity contribution in [2.24, 2.45) is 13.0 Å². The predicted molar refractivity (Wildman–Crippen MR) is 150 cm³/mol. The standard InChI is InChI=1S/C30H36N6O3/c1-18-12-21(15-35(4)29(18)37)20-8-9-24-23(13-20)26(27-25(19-6-5-7-19)31-10-11-39-27)34-28(33-24)22-14-32-36(16-22)17-30(2,3)38/h8-9,12-16,19,25,27,31,38H,5-7,10-11,17H2,1-4H3/t25?,27-/m0/s1. The van der Waals surface area contributed by atoms with Crippen LogP contribution in [0, 0.1) is 12.8 Å². The summed E-state index contributed by atoms with van der Waals surface area (Å²) in [6.07, 6.45) is 8.95. The van der Waals surface area contributed by atoms with Gasteiger partial charge in [0.2, 0.25) is 0 Å². The van der Waals surface area contributed by atoms with Crippen molar-refractivity contribution in [3.63, 3.8) is 0 Å². The number of nitrogens with zero attached hydrogens (tertiary/aromatic N) is 5. The summed E-state index contributed by atoms with van der Waals surface area (Å²) in [6.45, 7) is 7.19. The fraction of sp³-hybridized carbons (Fsp3) is 0.467. The van der Waals surface area contributed by atoms with E-state index < -0.39 is 5.60 Å². The molecule has 0 spiro atoms. The number of ether oxygens (including phenoxy) is 1. The van der Waals surface area contributed by atoms with Crippen LogP contribution >= 0.6 is 0 Å². The monoisotopic (exact) mass is 528 g/mol. The Kier molecular flexibility index (Phi) is 6.61. The molecule has 0 radical (unpaired) electrons. The van der Waals surface area contributed by atoms with Crippen LogP contribution in [0.2, 0.25) is 0 Å². The summed E-state index contributed by atoms with van der Waals surface area (Å²) in [4.78, 5) is 22.4. The number of rotatable bonds is 6. The van der Waals surface area contributed by atoms with Crippen molar-refractivity contribution in [2.45, 2.75) is 64.3 Å². The molecule has 2 aliphatic rings. The van der Waals surface area contributed by atoms with Gasteiger partial charge < -0.3 is 19.7 Å². The van der Waals surface area contributed by atoms with E-state index in [-0.39, 0.29) is 17.7 Å². The molecule has 9 heteroatoms. The van der Waals surface area contributed by atoms with E-state index in [4.69, 9.17) is 14.7 Å². The van der Waals surface area contributed by atoms with E-state index in [2.05, 4.69) is 16.5 Å². The lowest BCUT2D eigenvalue weighted by Gasteiger charge is -2.41. The van der Waals surface area contributed by atoms with Crippen LogP contribution in [0.1, 0.15) is 50.5 Å². The number of hydrogen-bond donors (Lipinski definition) is 2. The highest BCUT2D eigenvalue weighted by Crippen LogP contribution is 2.40. The molecule has 4 heterocycles. The third-order valence-electron chi connectivity index (χ3n) is 7.89. The summed E-state index contributed by atoms with van der Waals surface area (Å²) in [5.41, 5.74) is 4.29. The first-order valence-electron chi connectivity index (χ1n) is 13.8. The molecule has 1 aliphatic carbocycles. The predicted octanol–water partition coefficient (Wildman–Crippen LogP) is 3.77. The van der Waals surface area contributed by atoms with Crippen molar-refractivity contribution in [3.8, 4) is 22.5 Å². The number of nitrogens with one attached hydrogen (secondary N) is 1. The Balaban J connectivity index is 1.50. The van der Waals surface area contributed by atoms with Crippen LogP contribution in [0.25, 0.3) is 33.4 Å². The topological polar surface area (TPSA) is 107 Å². The van der Waals surface area contributed by atoms with Crippen molar-refractivity contribution in [2.75, 3.05) is 13.2 Å². The van der Waals surface area contributed by atoms with Crippen LogP contribution < -0.4 is 10.9 Å². The van der Waals surface area contributed by atoms with Crippen LogP contribution in [0.15, 0.2) is 47.7 Å². The zero-order chi connectivity index (χ0) is 27.3. The van der Waals surface area contributed by atoms with E-state index in [1.807, 2.05) is 37.5 Å². The van der Waals surface area contributed by atoms with Crippen molar-refractivity contribution in [3.05, 3.63) is 64.5 Å². The third-order valence-corrected chi connectivity index (χ3v) is 7.89. The van der Waals surface area contributed by atoms with Gasteiger partial charge in [-0.3, -0.25) is 9.48 Å². The molecule has 1 unspecified atom stereocenters. The molecule has 1 saturated heterocycles. The average Bonchev–Trinajstić information content (AvgIpc) is 3.32. The van der Waals surface area contributed by atoms with Crippen LogP contribution in [0.3, 0.4) is 0 Å². The van der Waals surface area contributed by atoms with Gasteiger partial charge in [0.1, 0.15) is 6.10 Å². The molecule has 39 heavy (non-hydrogen) atoms. The normalized spacial score (nSPS) is 20.3. The number of aliphatic hydroxyl groups is 1. The van der Waals surface area contributed by atoms with Gasteiger partial charge >= 0.3 is 0 Å². The second kappa shape index (κ2) is 9.97. The Morgan fingerprint density at radius 1 is 1.13 bits per heavy atom. The molecule has 0 bridgehead atoms. The molecule has 4 aromatic rings. The molecule has 0 amide bonds. The van der Waals surface area contributed by atoms with E-state index in [1.54, 1.807) is 36.3 Å². The minimum atomic E-state index is -0.883. The molecular formula is C30H36N6O3. The highest BCUT2D eigenvalue weighted by molar-refractivity contribution is 5.88. The van der Waals surface area contributed by atoms with Crippen LogP contribution in [0.5, 0.6) is 0 Å². The van der Waals surface area contributed by atoms with Crippen LogP contribution in [-0.4, -0.2) is 54.2 Å². The molecule has 6 rings (SSSR count). The second-order valence-corrected chi connectivity index (χ2v) is 11.7. The first-order valence-corrected chi connectivity index (χ1v) is 13.8. The summed E-state index contributed by atoms with van der Waals surface area (Å²) in [7, 11) is 1.78. The molecular weight excluding hydrogens is 492 g/mol. The molecule has 204 valence electrons. The summed E-state index contributed by atoms with van der Waals surface area (Å²) in [5, 5.41) is 19.4. The van der Waals surface area contributed by atoms with Gasteiger partial charge in [0, 0.05) is 43.0 Å². The molecule has 2 atom stereocenters. The summed E-state index contributed by atoms with van der Waals surface area (Å²) in [5.74, 6) is 1.15. The average molecular weight is 529 g/mol. The maximum atomic E-state index is 12.3. The molecule has 1 aliphatic heterocycles. The van der Waals surface area contributed by atoms with Gasteiger partial charge in [-0.1, -0.05) is 12.5 Å². The molecule has 9 nitrogen and oxygen atoms in total. The molecule has 1 saturated carbocycles. The Labute approximate surface area is 227 Å². The lowest BCUT2D eigenvalue weighted by molar-refractivity contribution is -0.0361. The van der Waals surface area contributed by atoms with E-state index in [9.17, 15) is 9.90 Å². The Morgan fingerprint density at radius 3 is 2.67 bits per heavy atom. The van der Waals surface area contributed by atoms with Crippen molar-refractivity contribution < 1.29 is 9.84 Å². The Morgan fingerprint density at radius 2 is 1.95 bits per heavy atom. The fourth-order valence-electron chi connectivity index (χ4n) is 5.76. The molecule has 3 aromatic heterocycles. The third kappa shape index (κ3) is 5.14. The lowest BCUT2D eigenvalue weighted by Crippen LogP contribution is -2.50. The van der Waals surface area contributed by atoms with Gasteiger partial charge in [-0.05, 0) is 68.9 Å². The molecule has 1 aromatic carbocycles. The van der Waals surface area contributed by atoms with Gasteiger partial charge in [0.15, 0.2) is 5.82 Å². The van der Waals surface area contributed by atoms with Crippen molar-refractivity contribution in [1.82, 2.24) is 29.6 Å². The highest BCUT2D eigenvalue weighted by atomic mass is 16.5. The summed E-state index contributed by atoms with van der Waals surface area (Å²) >= 11 is 0. The van der Waals surface area contributed by atoms with Gasteiger partial charge in [-0.15, -0.1) is 0 Å². The van der Waals surface area contributed by atoms with Crippen molar-refractivity contribution >= 4 is 10.9 Å². The summed E-state index contributed by atoms with van der Waals surface area (Å²) < 4.78 is 9.80. The Bertz CT molecular complexity index is 1550. The van der Waals surface area contributed by atoms with Gasteiger partial charge in [-0.25, -0.2) is 9.97 Å². The largest absolute Gasteiger partial charge is 0.389 e. The zero-order valence-corrected chi connectivity index (χ0v) is 23.0. The Hall–Kier alpha value is -3.40. The second-order valence-electron chi connectivity index (χ2n) is 11.7. The lowest BCUT2D eigenvalue weighted by atomic mass is 9.76. The number of fused-ring (bicyclic) bond motifs is 1. The smallest absolute Gasteiger partial charge is 0.253 e. The van der Waals surface area contributed by atoms with E-state index in [0.29, 0.717) is 30.5 Å². The maximum Gasteiger partial charge on any atom is 0.253 e. The molecule has 2 N–H and O–H groups in total. The number of hydrogen-bond acceptors (Lipinski definition) is 7. The summed E-state index contributed by atoms with van der Waals surface area (Å²) in [6, 6.07) is 8.32. The number of benzene rings is 1. The number of aryl methyl sites for hydroxylation is 2. The fourth-order valence-corrected chi connectivity index (χ4v) is 5.76. The SMILES string of the molecule is Cc1cc(-c2ccc3nc(-c4cnn(CC(C)(C)O)c4)nc([C@H]4OCCNC4C4CCC4)c3c2)cn(C)c1=O. The van der Waals surface area contributed by atoms with Gasteiger partial charge in [-0.2, -0.15) is 5.10 Å². The zero-order valence-electron chi connectivity index (χ0n) is 23.0. The number of pyridine rings is 1. The van der Waals surface area contributed by atoms with Crippen LogP contribution in [0.4, 0.5) is 0 Å². The molecule has 2 fully saturated rings. The first kappa shape index (κ1) is 25.9. The number of morpholine rings is 1. The van der Waals surface area contributed by atoms with E-state index in [1.165, 1.54) is 19.3 Å². The van der Waals surface area contributed by atoms with Crippen molar-refractivity contribution in [1.29, 1.82) is 0 Å². The van der Waals surface area contributed by atoms with E-state index in [0.717, 1.165) is 39.8 Å². The van der Waals surface area contributed by atoms with Gasteiger partial charge in [0.25, 0.3) is 5.56 Å². The van der Waals surface area contributed by atoms with Crippen LogP contribution in [-0.2, 0) is 18.3 Å². The quantitative estimate of drug-likeness (QED) is 0.392. The number of aromatic nitrogens is 5. The first-order chi connectivity index (χ1) is 18.7. The highest BCUT2D eigenvalue weighted by Gasteiger charge is 2.38. The van der Waals surface area contributed by atoms with Gasteiger partial charge in [0.05, 0.1) is 41.7 Å².